The summed E-state index contributed by atoms with van der Waals surface area (Å²) in [6, 6.07) is 16.6. The highest BCUT2D eigenvalue weighted by Gasteiger charge is 2.20. The van der Waals surface area contributed by atoms with Gasteiger partial charge in [0.05, 0.1) is 19.3 Å². The summed E-state index contributed by atoms with van der Waals surface area (Å²) >= 11 is 0. The van der Waals surface area contributed by atoms with Crippen LogP contribution in [0.15, 0.2) is 48.5 Å². The minimum Gasteiger partial charge on any atom is -0.494 e. The van der Waals surface area contributed by atoms with Gasteiger partial charge < -0.3 is 34.8 Å². The van der Waals surface area contributed by atoms with Crippen molar-refractivity contribution in [3.63, 3.8) is 0 Å². The van der Waals surface area contributed by atoms with Gasteiger partial charge in [0.2, 0.25) is 5.88 Å². The predicted molar refractivity (Wildman–Crippen MR) is 169 cm³/mol. The third kappa shape index (κ3) is 7.17. The zero-order valence-electron chi connectivity index (χ0n) is 24.8. The Labute approximate surface area is 244 Å². The molecular formula is C33H42N6O2. The number of piperidine rings is 1. The van der Waals surface area contributed by atoms with Crippen LogP contribution in [0.1, 0.15) is 31.7 Å². The monoisotopic (exact) mass is 554 g/mol. The number of nitrogens with one attached hydrogen (secondary N) is 2. The average Bonchev–Trinajstić information content (AvgIpc) is 3.00. The normalized spacial score (nSPS) is 15.6. The van der Waals surface area contributed by atoms with Gasteiger partial charge in [0.1, 0.15) is 23.0 Å². The van der Waals surface area contributed by atoms with Crippen molar-refractivity contribution in [2.75, 3.05) is 80.4 Å². The van der Waals surface area contributed by atoms with E-state index in [1.165, 1.54) is 24.9 Å². The Hall–Kier alpha value is -4.09. The standard InChI is InChI=1S/C33H42N6O2/c1-5-6-16-34-29-24-27(12-10-25(29)2)41-33-30(39-17-8-7-9-18-39)14-15-32(36-33)35-28-13-11-26(23-31(28)40-4)38-21-19-37(3)20-22-38/h10-15,23-24,34H,7-9,16-22H2,1-4H3,(H,35,36). The number of ether oxygens (including phenoxy) is 2. The third-order valence-corrected chi connectivity index (χ3v) is 7.82. The molecule has 0 radical (unpaired) electrons. The molecule has 3 aromatic rings. The lowest BCUT2D eigenvalue weighted by atomic mass is 10.1. The molecule has 0 unspecified atom stereocenters. The number of benzene rings is 2. The van der Waals surface area contributed by atoms with Gasteiger partial charge in [-0.15, -0.1) is 5.92 Å². The maximum Gasteiger partial charge on any atom is 0.245 e. The van der Waals surface area contributed by atoms with Crippen molar-refractivity contribution in [2.45, 2.75) is 33.1 Å². The zero-order valence-corrected chi connectivity index (χ0v) is 24.8. The fourth-order valence-corrected chi connectivity index (χ4v) is 5.33. The van der Waals surface area contributed by atoms with Crippen molar-refractivity contribution >= 4 is 28.6 Å². The van der Waals surface area contributed by atoms with E-state index in [-0.39, 0.29) is 0 Å². The highest BCUT2D eigenvalue weighted by Crippen LogP contribution is 2.37. The van der Waals surface area contributed by atoms with E-state index in [9.17, 15) is 0 Å². The third-order valence-electron chi connectivity index (χ3n) is 7.82. The lowest BCUT2D eigenvalue weighted by Gasteiger charge is -2.34. The Kier molecular flexibility index (Phi) is 9.37. The number of likely N-dealkylation sites (N-methyl/N-ethyl adjacent to an activating group) is 1. The van der Waals surface area contributed by atoms with E-state index in [1.807, 2.05) is 25.1 Å². The first-order valence-corrected chi connectivity index (χ1v) is 14.6. The molecule has 2 N–H and O–H groups in total. The van der Waals surface area contributed by atoms with E-state index in [0.29, 0.717) is 18.2 Å². The molecule has 2 saturated heterocycles. The number of rotatable bonds is 9. The van der Waals surface area contributed by atoms with E-state index in [0.717, 1.165) is 73.4 Å². The van der Waals surface area contributed by atoms with E-state index in [4.69, 9.17) is 14.5 Å². The molecule has 0 bridgehead atoms. The van der Waals surface area contributed by atoms with Gasteiger partial charge in [0.25, 0.3) is 0 Å². The van der Waals surface area contributed by atoms with Crippen molar-refractivity contribution in [3.8, 4) is 29.2 Å². The summed E-state index contributed by atoms with van der Waals surface area (Å²) in [6.07, 6.45) is 3.61. The van der Waals surface area contributed by atoms with Gasteiger partial charge in [-0.25, -0.2) is 0 Å². The van der Waals surface area contributed by atoms with Crippen LogP contribution in [-0.2, 0) is 0 Å². The van der Waals surface area contributed by atoms with Crippen LogP contribution in [0.25, 0.3) is 0 Å². The van der Waals surface area contributed by atoms with Gasteiger partial charge in [-0.2, -0.15) is 4.98 Å². The Balaban J connectivity index is 1.40. The molecule has 0 saturated carbocycles. The fourth-order valence-electron chi connectivity index (χ4n) is 5.33. The summed E-state index contributed by atoms with van der Waals surface area (Å²) in [5, 5.41) is 6.87. The second-order valence-corrected chi connectivity index (χ2v) is 10.7. The minimum atomic E-state index is 0.590. The quantitative estimate of drug-likeness (QED) is 0.307. The molecule has 8 heteroatoms. The topological polar surface area (TPSA) is 65.1 Å². The summed E-state index contributed by atoms with van der Waals surface area (Å²) in [5.74, 6) is 8.81. The van der Waals surface area contributed by atoms with E-state index in [2.05, 4.69) is 81.5 Å². The van der Waals surface area contributed by atoms with Crippen LogP contribution in [0.5, 0.6) is 17.4 Å². The molecule has 2 aliphatic rings. The number of aryl methyl sites for hydroxylation is 1. The van der Waals surface area contributed by atoms with Gasteiger partial charge >= 0.3 is 0 Å². The molecule has 0 spiro atoms. The number of hydrogen-bond acceptors (Lipinski definition) is 8. The number of hydrogen-bond donors (Lipinski definition) is 2. The number of piperazine rings is 1. The Morgan fingerprint density at radius 3 is 2.44 bits per heavy atom. The molecule has 0 atom stereocenters. The predicted octanol–water partition coefficient (Wildman–Crippen LogP) is 6.11. The minimum absolute atomic E-state index is 0.590. The summed E-state index contributed by atoms with van der Waals surface area (Å²) in [4.78, 5) is 12.1. The second-order valence-electron chi connectivity index (χ2n) is 10.7. The van der Waals surface area contributed by atoms with Crippen LogP contribution < -0.4 is 29.9 Å². The van der Waals surface area contributed by atoms with Crippen molar-refractivity contribution in [1.82, 2.24) is 9.88 Å². The van der Waals surface area contributed by atoms with Crippen LogP contribution in [0.2, 0.25) is 0 Å². The highest BCUT2D eigenvalue weighted by atomic mass is 16.5. The Bertz CT molecular complexity index is 1380. The first kappa shape index (κ1) is 28.4. The number of nitrogens with zero attached hydrogens (tertiary/aromatic N) is 4. The lowest BCUT2D eigenvalue weighted by molar-refractivity contribution is 0.312. The molecule has 216 valence electrons. The van der Waals surface area contributed by atoms with Crippen LogP contribution in [0.3, 0.4) is 0 Å². The van der Waals surface area contributed by atoms with Crippen LogP contribution in [0, 0.1) is 18.8 Å². The first-order valence-electron chi connectivity index (χ1n) is 14.6. The summed E-state index contributed by atoms with van der Waals surface area (Å²) in [5.41, 5.74) is 5.20. The van der Waals surface area contributed by atoms with Crippen LogP contribution in [0.4, 0.5) is 28.6 Å². The van der Waals surface area contributed by atoms with Crippen LogP contribution in [-0.4, -0.2) is 69.9 Å². The maximum atomic E-state index is 6.50. The van der Waals surface area contributed by atoms with Gasteiger partial charge in [-0.3, -0.25) is 0 Å². The van der Waals surface area contributed by atoms with Crippen molar-refractivity contribution in [1.29, 1.82) is 0 Å². The molecule has 2 aromatic carbocycles. The smallest absolute Gasteiger partial charge is 0.245 e. The molecule has 5 rings (SSSR count). The molecule has 8 nitrogen and oxygen atoms in total. The first-order chi connectivity index (χ1) is 20.0. The average molecular weight is 555 g/mol. The van der Waals surface area contributed by atoms with E-state index >= 15 is 0 Å². The lowest BCUT2D eigenvalue weighted by Crippen LogP contribution is -2.44. The van der Waals surface area contributed by atoms with Gasteiger partial charge in [-0.05, 0) is 76.1 Å². The Morgan fingerprint density at radius 1 is 0.878 bits per heavy atom. The molecule has 3 heterocycles. The van der Waals surface area contributed by atoms with Gasteiger partial charge in [0.15, 0.2) is 0 Å². The van der Waals surface area contributed by atoms with Crippen LogP contribution >= 0.6 is 0 Å². The number of aromatic nitrogens is 1. The van der Waals surface area contributed by atoms with E-state index in [1.54, 1.807) is 7.11 Å². The second kappa shape index (κ2) is 13.5. The van der Waals surface area contributed by atoms with E-state index < -0.39 is 0 Å². The number of pyridine rings is 1. The molecule has 1 aromatic heterocycles. The summed E-state index contributed by atoms with van der Waals surface area (Å²) < 4.78 is 12.3. The zero-order chi connectivity index (χ0) is 28.6. The summed E-state index contributed by atoms with van der Waals surface area (Å²) in [7, 11) is 3.88. The van der Waals surface area contributed by atoms with Crippen molar-refractivity contribution < 1.29 is 9.47 Å². The van der Waals surface area contributed by atoms with Crippen molar-refractivity contribution in [3.05, 3.63) is 54.1 Å². The largest absolute Gasteiger partial charge is 0.494 e. The number of anilines is 5. The highest BCUT2D eigenvalue weighted by molar-refractivity contribution is 5.71. The van der Waals surface area contributed by atoms with Gasteiger partial charge in [0, 0.05) is 62.8 Å². The van der Waals surface area contributed by atoms with Crippen molar-refractivity contribution in [2.24, 2.45) is 0 Å². The molecular weight excluding hydrogens is 512 g/mol. The molecule has 0 aliphatic carbocycles. The maximum absolute atomic E-state index is 6.50. The number of methoxy groups -OCH3 is 1. The molecule has 0 amide bonds. The molecule has 2 fully saturated rings. The summed E-state index contributed by atoms with van der Waals surface area (Å²) in [6.45, 7) is 10.7. The molecule has 41 heavy (non-hydrogen) atoms. The SMILES string of the molecule is CC#CCNc1cc(Oc2nc(Nc3ccc(N4CCN(C)CC4)cc3OC)ccc2N2CCCCC2)ccc1C. The van der Waals surface area contributed by atoms with Gasteiger partial charge in [-0.1, -0.05) is 12.0 Å². The Morgan fingerprint density at radius 2 is 1.68 bits per heavy atom. The fraction of sp³-hybridized carbons (Fsp3) is 0.424. The molecule has 2 aliphatic heterocycles.